The summed E-state index contributed by atoms with van der Waals surface area (Å²) in [5.41, 5.74) is 11.4. The maximum absolute atomic E-state index is 4.82. The first-order valence-electron chi connectivity index (χ1n) is 15.6. The third kappa shape index (κ3) is 4.98. The highest BCUT2D eigenvalue weighted by molar-refractivity contribution is 5.87. The van der Waals surface area contributed by atoms with Gasteiger partial charge in [0.05, 0.1) is 11.4 Å². The molecule has 0 aliphatic heterocycles. The van der Waals surface area contributed by atoms with Crippen LogP contribution in [0.4, 0.5) is 17.1 Å². The summed E-state index contributed by atoms with van der Waals surface area (Å²) >= 11 is 0. The fourth-order valence-electron chi connectivity index (χ4n) is 6.22. The van der Waals surface area contributed by atoms with Crippen LogP contribution < -0.4 is 4.90 Å². The van der Waals surface area contributed by atoms with Crippen LogP contribution in [-0.4, -0.2) is 23.8 Å². The number of nitrogens with zero attached hydrogens (tertiary/aromatic N) is 6. The summed E-state index contributed by atoms with van der Waals surface area (Å²) in [5.74, 6) is 0. The van der Waals surface area contributed by atoms with E-state index in [0.717, 1.165) is 61.8 Å². The number of anilines is 3. The van der Waals surface area contributed by atoms with Crippen LogP contribution in [0.15, 0.2) is 171 Å². The van der Waals surface area contributed by atoms with Gasteiger partial charge in [-0.05, 0) is 89.3 Å². The van der Waals surface area contributed by atoms with Gasteiger partial charge in [-0.1, -0.05) is 60.7 Å². The molecule has 0 fully saturated rings. The molecule has 9 rings (SSSR count). The molecule has 0 saturated carbocycles. The van der Waals surface area contributed by atoms with E-state index in [9.17, 15) is 0 Å². The quantitative estimate of drug-likeness (QED) is 0.190. The number of rotatable bonds is 6. The first-order valence-corrected chi connectivity index (χ1v) is 15.6. The minimum atomic E-state index is 0.932. The minimum Gasteiger partial charge on any atom is -0.311 e. The molecule has 0 bridgehead atoms. The lowest BCUT2D eigenvalue weighted by molar-refractivity contribution is 1.19. The molecule has 6 heteroatoms. The molecule has 9 aromatic rings. The summed E-state index contributed by atoms with van der Waals surface area (Å²) in [7, 11) is 0. The average molecular weight is 605 g/mol. The van der Waals surface area contributed by atoms with Crippen LogP contribution in [0.25, 0.3) is 55.7 Å². The van der Waals surface area contributed by atoms with E-state index in [1.807, 2.05) is 70.0 Å². The van der Waals surface area contributed by atoms with Gasteiger partial charge in [0, 0.05) is 70.8 Å². The van der Waals surface area contributed by atoms with Crippen molar-refractivity contribution in [2.45, 2.75) is 0 Å². The van der Waals surface area contributed by atoms with Crippen molar-refractivity contribution in [2.24, 2.45) is 0 Å². The third-order valence-corrected chi connectivity index (χ3v) is 8.67. The molecule has 5 heterocycles. The van der Waals surface area contributed by atoms with E-state index in [4.69, 9.17) is 9.97 Å². The van der Waals surface area contributed by atoms with Gasteiger partial charge in [0.15, 0.2) is 0 Å². The zero-order chi connectivity index (χ0) is 31.2. The van der Waals surface area contributed by atoms with E-state index < -0.39 is 0 Å². The molecule has 4 aromatic carbocycles. The maximum Gasteiger partial charge on any atom is 0.137 e. The molecule has 47 heavy (non-hydrogen) atoms. The van der Waals surface area contributed by atoms with Crippen LogP contribution in [0.3, 0.4) is 0 Å². The van der Waals surface area contributed by atoms with Crippen LogP contribution in [0.5, 0.6) is 0 Å². The van der Waals surface area contributed by atoms with Crippen molar-refractivity contribution in [1.82, 2.24) is 23.8 Å². The van der Waals surface area contributed by atoms with Crippen molar-refractivity contribution in [3.63, 3.8) is 0 Å². The molecule has 0 N–H and O–H groups in total. The average Bonchev–Trinajstić information content (AvgIpc) is 3.78. The zero-order valence-corrected chi connectivity index (χ0v) is 25.3. The Labute approximate surface area is 271 Å². The standard InChI is InChI=1S/C41H28N6/c1-3-23-45-27-38(43-40(45)5-1)30-11-17-36(18-12-30)47(37-19-13-31(14-20-37)39-28-46-24-4-2-6-41(46)44-39)35-15-9-29(10-16-35)32-7-8-34-26-42-22-21-33(34)25-32/h1-28H. The first kappa shape index (κ1) is 26.8. The number of fused-ring (bicyclic) bond motifs is 3. The van der Waals surface area contributed by atoms with Gasteiger partial charge < -0.3 is 13.7 Å². The number of hydrogen-bond acceptors (Lipinski definition) is 4. The van der Waals surface area contributed by atoms with E-state index in [2.05, 4.69) is 119 Å². The summed E-state index contributed by atoms with van der Waals surface area (Å²) in [6.45, 7) is 0. The van der Waals surface area contributed by atoms with Gasteiger partial charge in [0.25, 0.3) is 0 Å². The number of aromatic nitrogens is 5. The van der Waals surface area contributed by atoms with E-state index in [0.29, 0.717) is 0 Å². The predicted molar refractivity (Wildman–Crippen MR) is 190 cm³/mol. The van der Waals surface area contributed by atoms with Crippen molar-refractivity contribution in [1.29, 1.82) is 0 Å². The van der Waals surface area contributed by atoms with Gasteiger partial charge in [-0.2, -0.15) is 0 Å². The van der Waals surface area contributed by atoms with Crippen LogP contribution in [-0.2, 0) is 0 Å². The van der Waals surface area contributed by atoms with Crippen LogP contribution in [0.2, 0.25) is 0 Å². The normalized spacial score (nSPS) is 11.4. The first-order chi connectivity index (χ1) is 23.2. The van der Waals surface area contributed by atoms with Crippen molar-refractivity contribution in [2.75, 3.05) is 4.90 Å². The fourth-order valence-corrected chi connectivity index (χ4v) is 6.22. The Morgan fingerprint density at radius 1 is 0.447 bits per heavy atom. The Bertz CT molecular complexity index is 2330. The molecule has 0 saturated heterocycles. The molecule has 6 nitrogen and oxygen atoms in total. The third-order valence-electron chi connectivity index (χ3n) is 8.67. The van der Waals surface area contributed by atoms with Crippen molar-refractivity contribution < 1.29 is 0 Å². The zero-order valence-electron chi connectivity index (χ0n) is 25.3. The molecule has 0 atom stereocenters. The monoisotopic (exact) mass is 604 g/mol. The number of pyridine rings is 3. The lowest BCUT2D eigenvalue weighted by Gasteiger charge is -2.26. The van der Waals surface area contributed by atoms with E-state index >= 15 is 0 Å². The van der Waals surface area contributed by atoms with Gasteiger partial charge >= 0.3 is 0 Å². The van der Waals surface area contributed by atoms with Gasteiger partial charge in [-0.3, -0.25) is 4.98 Å². The Morgan fingerprint density at radius 3 is 1.49 bits per heavy atom. The van der Waals surface area contributed by atoms with Gasteiger partial charge in [-0.15, -0.1) is 0 Å². The summed E-state index contributed by atoms with van der Waals surface area (Å²) in [6, 6.07) is 46.7. The van der Waals surface area contributed by atoms with Crippen LogP contribution in [0, 0.1) is 0 Å². The number of hydrogen-bond donors (Lipinski definition) is 0. The topological polar surface area (TPSA) is 50.7 Å². The summed E-state index contributed by atoms with van der Waals surface area (Å²) in [5, 5.41) is 2.32. The molecule has 0 spiro atoms. The Balaban J connectivity index is 1.09. The molecule has 0 unspecified atom stereocenters. The maximum atomic E-state index is 4.82. The molecule has 222 valence electrons. The smallest absolute Gasteiger partial charge is 0.137 e. The predicted octanol–water partition coefficient (Wildman–Crippen LogP) is 10.0. The van der Waals surface area contributed by atoms with E-state index in [-0.39, 0.29) is 0 Å². The van der Waals surface area contributed by atoms with Gasteiger partial charge in [-0.25, -0.2) is 9.97 Å². The highest BCUT2D eigenvalue weighted by atomic mass is 15.1. The van der Waals surface area contributed by atoms with Crippen LogP contribution >= 0.6 is 0 Å². The highest BCUT2D eigenvalue weighted by Crippen LogP contribution is 2.38. The Kier molecular flexibility index (Phi) is 6.35. The molecule has 0 amide bonds. The Morgan fingerprint density at radius 2 is 0.957 bits per heavy atom. The molecule has 0 aliphatic rings. The van der Waals surface area contributed by atoms with Crippen molar-refractivity contribution in [3.8, 4) is 33.6 Å². The number of benzene rings is 4. The summed E-state index contributed by atoms with van der Waals surface area (Å²) in [6.07, 6.45) is 11.9. The minimum absolute atomic E-state index is 0.932. The van der Waals surface area contributed by atoms with Gasteiger partial charge in [0.2, 0.25) is 0 Å². The second-order valence-electron chi connectivity index (χ2n) is 11.6. The molecular weight excluding hydrogens is 576 g/mol. The number of imidazole rings is 2. The Hall–Kier alpha value is -6.53. The van der Waals surface area contributed by atoms with Gasteiger partial charge in [0.1, 0.15) is 11.3 Å². The highest BCUT2D eigenvalue weighted by Gasteiger charge is 2.15. The molecule has 0 radical (unpaired) electrons. The lowest BCUT2D eigenvalue weighted by Crippen LogP contribution is -2.09. The van der Waals surface area contributed by atoms with Crippen molar-refractivity contribution >= 4 is 39.1 Å². The second-order valence-corrected chi connectivity index (χ2v) is 11.6. The van der Waals surface area contributed by atoms with E-state index in [1.54, 1.807) is 0 Å². The van der Waals surface area contributed by atoms with E-state index in [1.165, 1.54) is 10.9 Å². The fraction of sp³-hybridized carbons (Fsp3) is 0. The van der Waals surface area contributed by atoms with Crippen molar-refractivity contribution in [3.05, 3.63) is 171 Å². The summed E-state index contributed by atoms with van der Waals surface area (Å²) in [4.78, 5) is 16.2. The molecular formula is C41H28N6. The second kappa shape index (κ2) is 11.1. The largest absolute Gasteiger partial charge is 0.311 e. The van der Waals surface area contributed by atoms with Crippen LogP contribution in [0.1, 0.15) is 0 Å². The molecule has 0 aliphatic carbocycles. The molecule has 5 aromatic heterocycles. The lowest BCUT2D eigenvalue weighted by atomic mass is 10.0. The SMILES string of the molecule is c1ccn2cc(-c3ccc(N(c4ccc(-c5ccc6cnccc6c5)cc4)c4ccc(-c5cn6ccccc6n5)cc4)cc3)nc2c1. The summed E-state index contributed by atoms with van der Waals surface area (Å²) < 4.78 is 4.10.